The van der Waals surface area contributed by atoms with E-state index in [2.05, 4.69) is 15.4 Å². The maximum Gasteiger partial charge on any atom is 0.177 e. The first kappa shape index (κ1) is 11.9. The van der Waals surface area contributed by atoms with E-state index in [1.165, 1.54) is 4.80 Å². The van der Waals surface area contributed by atoms with Crippen LogP contribution in [0.5, 0.6) is 0 Å². The van der Waals surface area contributed by atoms with Crippen LogP contribution in [0.1, 0.15) is 23.3 Å². The number of aromatic nitrogens is 4. The fourth-order valence-electron chi connectivity index (χ4n) is 2.28. The largest absolute Gasteiger partial charge is 0.461 e. The van der Waals surface area contributed by atoms with Crippen molar-refractivity contribution in [2.75, 3.05) is 0 Å². The highest BCUT2D eigenvalue weighted by Crippen LogP contribution is 2.31. The summed E-state index contributed by atoms with van der Waals surface area (Å²) in [6, 6.07) is 7.66. The number of aliphatic hydroxyl groups excluding tert-OH is 1. The van der Waals surface area contributed by atoms with Gasteiger partial charge >= 0.3 is 0 Å². The van der Waals surface area contributed by atoms with E-state index in [-0.39, 0.29) is 0 Å². The summed E-state index contributed by atoms with van der Waals surface area (Å²) in [5.74, 6) is 1.23. The Morgan fingerprint density at radius 2 is 2.16 bits per heavy atom. The summed E-state index contributed by atoms with van der Waals surface area (Å²) in [6.07, 6.45) is -0.383. The number of aliphatic hydroxyl groups is 1. The fourth-order valence-corrected chi connectivity index (χ4v) is 2.28. The van der Waals surface area contributed by atoms with Crippen LogP contribution in [0.15, 0.2) is 28.7 Å². The van der Waals surface area contributed by atoms with Crippen LogP contribution in [0.3, 0.4) is 0 Å². The van der Waals surface area contributed by atoms with E-state index in [0.717, 1.165) is 22.3 Å². The van der Waals surface area contributed by atoms with Gasteiger partial charge in [0.15, 0.2) is 5.82 Å². The topological polar surface area (TPSA) is 77.0 Å². The number of tetrazole rings is 1. The van der Waals surface area contributed by atoms with E-state index in [4.69, 9.17) is 4.42 Å². The zero-order valence-electron chi connectivity index (χ0n) is 10.7. The Morgan fingerprint density at radius 1 is 1.37 bits per heavy atom. The van der Waals surface area contributed by atoms with E-state index in [1.54, 1.807) is 7.05 Å². The summed E-state index contributed by atoms with van der Waals surface area (Å²) in [6.45, 7) is 1.85. The number of aryl methyl sites for hydroxylation is 2. The zero-order valence-corrected chi connectivity index (χ0v) is 10.7. The molecule has 0 spiro atoms. The Hall–Kier alpha value is -2.21. The molecular formula is C13H14N4O2. The van der Waals surface area contributed by atoms with Gasteiger partial charge in [-0.2, -0.15) is 4.80 Å². The normalized spacial score (nSPS) is 13.0. The molecule has 1 aromatic carbocycles. The number of rotatable bonds is 3. The van der Waals surface area contributed by atoms with Gasteiger partial charge in [0, 0.05) is 17.4 Å². The summed E-state index contributed by atoms with van der Waals surface area (Å²) in [5.41, 5.74) is 1.57. The highest BCUT2D eigenvalue weighted by molar-refractivity contribution is 5.82. The van der Waals surface area contributed by atoms with Crippen LogP contribution >= 0.6 is 0 Å². The molecule has 0 bridgehead atoms. The van der Waals surface area contributed by atoms with Crippen LogP contribution in [0.2, 0.25) is 0 Å². The number of fused-ring (bicyclic) bond motifs is 1. The van der Waals surface area contributed by atoms with Crippen molar-refractivity contribution >= 4 is 11.0 Å². The Morgan fingerprint density at radius 3 is 2.89 bits per heavy atom. The predicted molar refractivity (Wildman–Crippen MR) is 68.4 cm³/mol. The van der Waals surface area contributed by atoms with Gasteiger partial charge in [-0.05, 0) is 18.2 Å². The molecule has 3 aromatic rings. The molecule has 6 heteroatoms. The van der Waals surface area contributed by atoms with Crippen LogP contribution in [0.25, 0.3) is 11.0 Å². The number of para-hydroxylation sites is 1. The van der Waals surface area contributed by atoms with Crippen molar-refractivity contribution < 1.29 is 9.52 Å². The third-order valence-corrected chi connectivity index (χ3v) is 3.08. The molecule has 0 saturated heterocycles. The summed E-state index contributed by atoms with van der Waals surface area (Å²) < 4.78 is 5.64. The van der Waals surface area contributed by atoms with Crippen LogP contribution < -0.4 is 0 Å². The van der Waals surface area contributed by atoms with Gasteiger partial charge in [0.25, 0.3) is 0 Å². The highest BCUT2D eigenvalue weighted by atomic mass is 16.3. The molecule has 6 nitrogen and oxygen atoms in total. The van der Waals surface area contributed by atoms with Crippen molar-refractivity contribution in [1.29, 1.82) is 0 Å². The number of hydrogen-bond donors (Lipinski definition) is 1. The van der Waals surface area contributed by atoms with Gasteiger partial charge in [0.1, 0.15) is 11.3 Å². The first-order chi connectivity index (χ1) is 9.15. The maximum absolute atomic E-state index is 10.4. The third kappa shape index (κ3) is 2.10. The molecule has 2 heterocycles. The lowest BCUT2D eigenvalue weighted by molar-refractivity contribution is 0.175. The molecule has 19 heavy (non-hydrogen) atoms. The second-order valence-corrected chi connectivity index (χ2v) is 4.48. The summed E-state index contributed by atoms with van der Waals surface area (Å²) in [5, 5.41) is 23.0. The third-order valence-electron chi connectivity index (χ3n) is 3.08. The lowest BCUT2D eigenvalue weighted by Gasteiger charge is -2.07. The van der Waals surface area contributed by atoms with E-state index in [0.29, 0.717) is 12.2 Å². The average Bonchev–Trinajstić information content (AvgIpc) is 2.91. The van der Waals surface area contributed by atoms with Gasteiger partial charge in [-0.3, -0.25) is 0 Å². The van der Waals surface area contributed by atoms with Crippen molar-refractivity contribution in [1.82, 2.24) is 20.2 Å². The molecule has 0 saturated carbocycles. The molecule has 2 aromatic heterocycles. The molecule has 98 valence electrons. The van der Waals surface area contributed by atoms with Crippen LogP contribution in [0, 0.1) is 6.92 Å². The SMILES string of the molecule is Cc1oc2ccccc2c1C(O)Cc1nnn(C)n1. The van der Waals surface area contributed by atoms with Crippen LogP contribution in [-0.2, 0) is 13.5 Å². The molecule has 1 unspecified atom stereocenters. The summed E-state index contributed by atoms with van der Waals surface area (Å²) >= 11 is 0. The van der Waals surface area contributed by atoms with E-state index in [9.17, 15) is 5.11 Å². The van der Waals surface area contributed by atoms with E-state index >= 15 is 0 Å². The van der Waals surface area contributed by atoms with Crippen molar-refractivity contribution in [3.63, 3.8) is 0 Å². The Bertz CT molecular complexity index is 716. The van der Waals surface area contributed by atoms with Crippen molar-refractivity contribution in [3.8, 4) is 0 Å². The maximum atomic E-state index is 10.4. The molecular weight excluding hydrogens is 244 g/mol. The number of benzene rings is 1. The number of furan rings is 1. The summed E-state index contributed by atoms with van der Waals surface area (Å²) in [7, 11) is 1.70. The fraction of sp³-hybridized carbons (Fsp3) is 0.308. The van der Waals surface area contributed by atoms with Crippen molar-refractivity contribution in [2.45, 2.75) is 19.4 Å². The second-order valence-electron chi connectivity index (χ2n) is 4.48. The van der Waals surface area contributed by atoms with Gasteiger partial charge in [0.05, 0.1) is 13.2 Å². The minimum atomic E-state index is -0.701. The predicted octanol–water partition coefficient (Wildman–Crippen LogP) is 1.54. The van der Waals surface area contributed by atoms with Crippen molar-refractivity contribution in [3.05, 3.63) is 41.4 Å². The van der Waals surface area contributed by atoms with Crippen LogP contribution in [0.4, 0.5) is 0 Å². The minimum Gasteiger partial charge on any atom is -0.461 e. The molecule has 0 aliphatic heterocycles. The quantitative estimate of drug-likeness (QED) is 0.771. The monoisotopic (exact) mass is 258 g/mol. The van der Waals surface area contributed by atoms with E-state index in [1.807, 2.05) is 31.2 Å². The zero-order chi connectivity index (χ0) is 13.4. The van der Waals surface area contributed by atoms with Gasteiger partial charge in [-0.25, -0.2) is 0 Å². The summed E-state index contributed by atoms with van der Waals surface area (Å²) in [4.78, 5) is 1.38. The first-order valence-corrected chi connectivity index (χ1v) is 6.04. The lowest BCUT2D eigenvalue weighted by atomic mass is 10.0. The number of hydrogen-bond acceptors (Lipinski definition) is 5. The average molecular weight is 258 g/mol. The smallest absolute Gasteiger partial charge is 0.177 e. The van der Waals surface area contributed by atoms with Crippen LogP contribution in [-0.4, -0.2) is 25.3 Å². The van der Waals surface area contributed by atoms with Crippen molar-refractivity contribution in [2.24, 2.45) is 7.05 Å². The molecule has 1 N–H and O–H groups in total. The minimum absolute atomic E-state index is 0.318. The standard InChI is InChI=1S/C13H14N4O2/c1-8-13(9-5-3-4-6-11(9)19-8)10(18)7-12-14-16-17(2)15-12/h3-6,10,18H,7H2,1-2H3. The molecule has 0 amide bonds. The Kier molecular flexibility index (Phi) is 2.79. The van der Waals surface area contributed by atoms with Gasteiger partial charge in [0.2, 0.25) is 0 Å². The molecule has 0 aliphatic rings. The number of nitrogens with zero attached hydrogens (tertiary/aromatic N) is 4. The molecule has 0 aliphatic carbocycles. The van der Waals surface area contributed by atoms with E-state index < -0.39 is 6.10 Å². The second kappa shape index (κ2) is 4.47. The Balaban J connectivity index is 1.97. The molecule has 3 rings (SSSR count). The van der Waals surface area contributed by atoms with Gasteiger partial charge in [-0.15, -0.1) is 10.2 Å². The van der Waals surface area contributed by atoms with Gasteiger partial charge < -0.3 is 9.52 Å². The van der Waals surface area contributed by atoms with Gasteiger partial charge in [-0.1, -0.05) is 18.2 Å². The molecule has 1 atom stereocenters. The first-order valence-electron chi connectivity index (χ1n) is 6.04. The lowest BCUT2D eigenvalue weighted by Crippen LogP contribution is -2.04. The molecule has 0 radical (unpaired) electrons. The Labute approximate surface area is 109 Å². The molecule has 0 fully saturated rings. The highest BCUT2D eigenvalue weighted by Gasteiger charge is 2.20.